The number of likely N-dealkylation sites (tertiary alicyclic amines) is 1. The molecule has 142 valence electrons. The molecule has 0 aromatic heterocycles. The second kappa shape index (κ2) is 8.21. The van der Waals surface area contributed by atoms with Crippen molar-refractivity contribution in [1.82, 2.24) is 4.90 Å². The maximum absolute atomic E-state index is 12.4. The molecule has 0 radical (unpaired) electrons. The van der Waals surface area contributed by atoms with Crippen molar-refractivity contribution in [2.24, 2.45) is 11.8 Å². The summed E-state index contributed by atoms with van der Waals surface area (Å²) in [4.78, 5) is 37.5. The highest BCUT2D eigenvalue weighted by atomic mass is 16.6. The van der Waals surface area contributed by atoms with Crippen molar-refractivity contribution in [2.45, 2.75) is 39.4 Å². The highest BCUT2D eigenvalue weighted by Crippen LogP contribution is 2.27. The van der Waals surface area contributed by atoms with Crippen molar-refractivity contribution >= 4 is 18.0 Å². The molecule has 1 amide bonds. The highest BCUT2D eigenvalue weighted by molar-refractivity contribution is 5.82. The molecule has 0 saturated carbocycles. The van der Waals surface area contributed by atoms with Gasteiger partial charge in [0.1, 0.15) is 12.2 Å². The maximum Gasteiger partial charge on any atom is 0.410 e. The lowest BCUT2D eigenvalue weighted by Crippen LogP contribution is -2.50. The van der Waals surface area contributed by atoms with Gasteiger partial charge in [0, 0.05) is 13.1 Å². The Hall–Kier alpha value is -2.57. The van der Waals surface area contributed by atoms with E-state index in [1.165, 1.54) is 4.90 Å². The summed E-state index contributed by atoms with van der Waals surface area (Å²) in [6.45, 7) is 5.51. The van der Waals surface area contributed by atoms with E-state index >= 15 is 0 Å². The number of amides is 1. The Balaban J connectivity index is 1.98. The fourth-order valence-corrected chi connectivity index (χ4v) is 2.81. The third kappa shape index (κ3) is 5.47. The van der Waals surface area contributed by atoms with Gasteiger partial charge in [-0.25, -0.2) is 4.79 Å². The SMILES string of the molecule is CC(C)(C)OC(=O)N1CCC(C(=O)OCc2ccccc2)[C@@H](C(=O)O)C1. The molecule has 1 heterocycles. The minimum Gasteiger partial charge on any atom is -0.481 e. The molecule has 26 heavy (non-hydrogen) atoms. The summed E-state index contributed by atoms with van der Waals surface area (Å²) in [6.07, 6.45) is -0.344. The average molecular weight is 363 g/mol. The smallest absolute Gasteiger partial charge is 0.410 e. The summed E-state index contributed by atoms with van der Waals surface area (Å²) in [5, 5.41) is 9.49. The van der Waals surface area contributed by atoms with Crippen LogP contribution < -0.4 is 0 Å². The number of rotatable bonds is 4. The molecule has 1 unspecified atom stereocenters. The molecule has 1 aliphatic heterocycles. The van der Waals surface area contributed by atoms with E-state index in [2.05, 4.69) is 0 Å². The number of esters is 1. The van der Waals surface area contributed by atoms with Gasteiger partial charge in [-0.15, -0.1) is 0 Å². The molecule has 1 N–H and O–H groups in total. The lowest BCUT2D eigenvalue weighted by molar-refractivity contribution is -0.161. The van der Waals surface area contributed by atoms with Crippen molar-refractivity contribution in [3.63, 3.8) is 0 Å². The molecule has 7 heteroatoms. The van der Waals surface area contributed by atoms with Crippen LogP contribution >= 0.6 is 0 Å². The van der Waals surface area contributed by atoms with Gasteiger partial charge in [0.15, 0.2) is 0 Å². The number of hydrogen-bond donors (Lipinski definition) is 1. The van der Waals surface area contributed by atoms with Crippen LogP contribution in [0.1, 0.15) is 32.8 Å². The molecule has 0 spiro atoms. The van der Waals surface area contributed by atoms with Crippen LogP contribution in [0.15, 0.2) is 30.3 Å². The van der Waals surface area contributed by atoms with Gasteiger partial charge in [0.2, 0.25) is 0 Å². The summed E-state index contributed by atoms with van der Waals surface area (Å²) in [7, 11) is 0. The molecule has 0 aliphatic carbocycles. The molecule has 7 nitrogen and oxygen atoms in total. The number of nitrogens with zero attached hydrogens (tertiary/aromatic N) is 1. The molecule has 1 fully saturated rings. The van der Waals surface area contributed by atoms with Crippen LogP contribution in [-0.4, -0.2) is 46.7 Å². The Bertz CT molecular complexity index is 652. The number of ether oxygens (including phenoxy) is 2. The van der Waals surface area contributed by atoms with E-state index in [-0.39, 0.29) is 26.1 Å². The molecule has 1 aromatic rings. The fraction of sp³-hybridized carbons (Fsp3) is 0.526. The maximum atomic E-state index is 12.4. The van der Waals surface area contributed by atoms with E-state index in [0.717, 1.165) is 5.56 Å². The second-order valence-corrected chi connectivity index (χ2v) is 7.36. The van der Waals surface area contributed by atoms with E-state index in [1.54, 1.807) is 20.8 Å². The van der Waals surface area contributed by atoms with Crippen molar-refractivity contribution in [1.29, 1.82) is 0 Å². The predicted molar refractivity (Wildman–Crippen MR) is 93.3 cm³/mol. The zero-order chi connectivity index (χ0) is 19.3. The lowest BCUT2D eigenvalue weighted by atomic mass is 9.85. The number of hydrogen-bond acceptors (Lipinski definition) is 5. The van der Waals surface area contributed by atoms with Crippen LogP contribution in [-0.2, 0) is 25.7 Å². The zero-order valence-electron chi connectivity index (χ0n) is 15.3. The first-order chi connectivity index (χ1) is 12.2. The summed E-state index contributed by atoms with van der Waals surface area (Å²) in [5.41, 5.74) is 0.167. The number of aliphatic carboxylic acids is 1. The van der Waals surface area contributed by atoms with E-state index in [0.29, 0.717) is 0 Å². The Morgan fingerprint density at radius 3 is 2.38 bits per heavy atom. The third-order valence-corrected chi connectivity index (χ3v) is 4.11. The van der Waals surface area contributed by atoms with E-state index in [9.17, 15) is 19.5 Å². The topological polar surface area (TPSA) is 93.1 Å². The van der Waals surface area contributed by atoms with E-state index < -0.39 is 35.5 Å². The second-order valence-electron chi connectivity index (χ2n) is 7.36. The normalized spacial score (nSPS) is 20.3. The number of benzene rings is 1. The van der Waals surface area contributed by atoms with Crippen molar-refractivity contribution < 1.29 is 29.0 Å². The van der Waals surface area contributed by atoms with Gasteiger partial charge in [0.25, 0.3) is 0 Å². The molecule has 0 bridgehead atoms. The Labute approximate surface area is 152 Å². The van der Waals surface area contributed by atoms with Crippen molar-refractivity contribution in [2.75, 3.05) is 13.1 Å². The molecular formula is C19H25NO6. The van der Waals surface area contributed by atoms with E-state index in [1.807, 2.05) is 30.3 Å². The molecular weight excluding hydrogens is 338 g/mol. The largest absolute Gasteiger partial charge is 0.481 e. The lowest BCUT2D eigenvalue weighted by Gasteiger charge is -2.36. The highest BCUT2D eigenvalue weighted by Gasteiger charge is 2.41. The summed E-state index contributed by atoms with van der Waals surface area (Å²) < 4.78 is 10.6. The number of piperidine rings is 1. The fourth-order valence-electron chi connectivity index (χ4n) is 2.81. The van der Waals surface area contributed by atoms with Gasteiger partial charge < -0.3 is 19.5 Å². The van der Waals surface area contributed by atoms with Crippen LogP contribution in [0.25, 0.3) is 0 Å². The van der Waals surface area contributed by atoms with Gasteiger partial charge in [-0.1, -0.05) is 30.3 Å². The van der Waals surface area contributed by atoms with Crippen LogP contribution in [0.3, 0.4) is 0 Å². The van der Waals surface area contributed by atoms with Crippen molar-refractivity contribution in [3.8, 4) is 0 Å². The van der Waals surface area contributed by atoms with Crippen LogP contribution in [0, 0.1) is 11.8 Å². The summed E-state index contributed by atoms with van der Waals surface area (Å²) >= 11 is 0. The number of carboxylic acid groups (broad SMARTS) is 1. The Morgan fingerprint density at radius 2 is 1.81 bits per heavy atom. The predicted octanol–water partition coefficient (Wildman–Crippen LogP) is 2.69. The zero-order valence-corrected chi connectivity index (χ0v) is 15.3. The first-order valence-corrected chi connectivity index (χ1v) is 8.58. The monoisotopic (exact) mass is 363 g/mol. The minimum absolute atomic E-state index is 0.0741. The molecule has 2 rings (SSSR count). The first kappa shape index (κ1) is 19.8. The Morgan fingerprint density at radius 1 is 1.15 bits per heavy atom. The van der Waals surface area contributed by atoms with Crippen LogP contribution in [0.5, 0.6) is 0 Å². The van der Waals surface area contributed by atoms with E-state index in [4.69, 9.17) is 9.47 Å². The summed E-state index contributed by atoms with van der Waals surface area (Å²) in [6, 6.07) is 9.18. The van der Waals surface area contributed by atoms with Gasteiger partial charge in [-0.3, -0.25) is 9.59 Å². The van der Waals surface area contributed by atoms with Crippen molar-refractivity contribution in [3.05, 3.63) is 35.9 Å². The van der Waals surface area contributed by atoms with Crippen LogP contribution in [0.2, 0.25) is 0 Å². The number of carbonyl (C=O) groups is 3. The quantitative estimate of drug-likeness (QED) is 0.827. The van der Waals surface area contributed by atoms with Gasteiger partial charge in [-0.2, -0.15) is 0 Å². The number of carboxylic acids is 1. The van der Waals surface area contributed by atoms with Gasteiger partial charge >= 0.3 is 18.0 Å². The molecule has 1 aromatic carbocycles. The minimum atomic E-state index is -1.13. The van der Waals surface area contributed by atoms with Gasteiger partial charge in [-0.05, 0) is 32.8 Å². The number of carbonyl (C=O) groups excluding carboxylic acids is 2. The molecule has 1 saturated heterocycles. The average Bonchev–Trinajstić information content (AvgIpc) is 2.58. The Kier molecular flexibility index (Phi) is 6.23. The standard InChI is InChI=1S/C19H25NO6/c1-19(2,3)26-18(24)20-10-9-14(15(11-20)16(21)22)17(23)25-12-13-7-5-4-6-8-13/h4-8,14-15H,9-12H2,1-3H3,(H,21,22)/t14?,15-/m0/s1. The summed E-state index contributed by atoms with van der Waals surface area (Å²) in [5.74, 6) is -3.47. The first-order valence-electron chi connectivity index (χ1n) is 8.58. The van der Waals surface area contributed by atoms with Crippen LogP contribution in [0.4, 0.5) is 4.79 Å². The van der Waals surface area contributed by atoms with Gasteiger partial charge in [0.05, 0.1) is 11.8 Å². The molecule has 1 aliphatic rings. The third-order valence-electron chi connectivity index (χ3n) is 4.11. The molecule has 2 atom stereocenters.